The van der Waals surface area contributed by atoms with Crippen molar-refractivity contribution < 1.29 is 18.0 Å². The van der Waals surface area contributed by atoms with E-state index in [-0.39, 0.29) is 17.4 Å². The molecule has 1 aromatic carbocycles. The number of pyridine rings is 1. The summed E-state index contributed by atoms with van der Waals surface area (Å²) in [5, 5.41) is 9.61. The maximum absolute atomic E-state index is 14.3. The first kappa shape index (κ1) is 16.8. The monoisotopic (exact) mass is 385 g/mol. The summed E-state index contributed by atoms with van der Waals surface area (Å²) in [6.07, 6.45) is 3.35. The Morgan fingerprint density at radius 2 is 2.11 bits per heavy atom. The van der Waals surface area contributed by atoms with E-state index in [1.54, 1.807) is 28.9 Å². The number of carbonyl (C=O) groups excluding carboxylic acids is 1. The number of fused-ring (bicyclic) bond motifs is 2. The molecule has 0 spiro atoms. The minimum Gasteiger partial charge on any atom is -0.309 e. The van der Waals surface area contributed by atoms with Crippen molar-refractivity contribution in [1.82, 2.24) is 19.6 Å². The Kier molecular flexibility index (Phi) is 3.65. The summed E-state index contributed by atoms with van der Waals surface area (Å²) in [6.45, 7) is 0. The number of amides is 1. The molecule has 1 aliphatic rings. The highest BCUT2D eigenvalue weighted by Crippen LogP contribution is 2.38. The van der Waals surface area contributed by atoms with Crippen LogP contribution in [0.15, 0.2) is 36.8 Å². The molecule has 142 valence electrons. The second-order valence-electron chi connectivity index (χ2n) is 6.85. The smallest absolute Gasteiger partial charge is 0.267 e. The van der Waals surface area contributed by atoms with Crippen molar-refractivity contribution in [3.8, 4) is 11.1 Å². The minimum absolute atomic E-state index is 0.0376. The summed E-state index contributed by atoms with van der Waals surface area (Å²) in [5.41, 5.74) is 0.674. The Bertz CT molecular complexity index is 1230. The third kappa shape index (κ3) is 2.70. The summed E-state index contributed by atoms with van der Waals surface area (Å²) >= 11 is 0. The van der Waals surface area contributed by atoms with E-state index in [1.807, 2.05) is 0 Å². The molecule has 2 N–H and O–H groups in total. The first-order chi connectivity index (χ1) is 13.5. The average molecular weight is 385 g/mol. The molecule has 9 heteroatoms. The number of nitrogens with zero attached hydrogens (tertiary/aromatic N) is 3. The number of nitrogens with one attached hydrogen (secondary N) is 2. The molecule has 3 aromatic heterocycles. The molecular formula is C19H14F3N5O. The van der Waals surface area contributed by atoms with E-state index in [2.05, 4.69) is 20.5 Å². The second kappa shape index (κ2) is 6.08. The quantitative estimate of drug-likeness (QED) is 0.550. The number of imidazole rings is 1. The molecule has 6 nitrogen and oxygen atoms in total. The van der Waals surface area contributed by atoms with Crippen LogP contribution in [-0.2, 0) is 4.79 Å². The van der Waals surface area contributed by atoms with E-state index in [9.17, 15) is 18.0 Å². The summed E-state index contributed by atoms with van der Waals surface area (Å²) in [4.78, 5) is 16.2. The lowest BCUT2D eigenvalue weighted by molar-refractivity contribution is -0.117. The lowest BCUT2D eigenvalue weighted by Crippen LogP contribution is -2.13. The van der Waals surface area contributed by atoms with Crippen LogP contribution in [0.2, 0.25) is 0 Å². The van der Waals surface area contributed by atoms with Gasteiger partial charge in [0.25, 0.3) is 6.43 Å². The molecule has 0 bridgehead atoms. The number of carbonyl (C=O) groups is 1. The Balaban J connectivity index is 1.64. The number of halogens is 3. The first-order valence-corrected chi connectivity index (χ1v) is 8.75. The molecule has 0 radical (unpaired) electrons. The van der Waals surface area contributed by atoms with Crippen molar-refractivity contribution in [2.75, 3.05) is 5.32 Å². The normalized spacial score (nSPS) is 14.3. The maximum atomic E-state index is 14.3. The number of hydrogen-bond acceptors (Lipinski definition) is 3. The lowest BCUT2D eigenvalue weighted by Gasteiger charge is -2.12. The fourth-order valence-electron chi connectivity index (χ4n) is 3.37. The summed E-state index contributed by atoms with van der Waals surface area (Å²) < 4.78 is 43.2. The molecule has 0 aliphatic heterocycles. The van der Waals surface area contributed by atoms with Gasteiger partial charge in [0.05, 0.1) is 23.5 Å². The van der Waals surface area contributed by atoms with Crippen LogP contribution in [0.1, 0.15) is 24.8 Å². The van der Waals surface area contributed by atoms with Crippen LogP contribution in [0.25, 0.3) is 27.7 Å². The van der Waals surface area contributed by atoms with Gasteiger partial charge in [0.2, 0.25) is 5.91 Å². The van der Waals surface area contributed by atoms with E-state index >= 15 is 0 Å². The Hall–Kier alpha value is -3.36. The number of H-pyrrole nitrogens is 1. The van der Waals surface area contributed by atoms with E-state index in [0.717, 1.165) is 18.9 Å². The number of alkyl halides is 2. The van der Waals surface area contributed by atoms with Gasteiger partial charge in [0.15, 0.2) is 5.82 Å². The van der Waals surface area contributed by atoms with Crippen LogP contribution >= 0.6 is 0 Å². The largest absolute Gasteiger partial charge is 0.309 e. The van der Waals surface area contributed by atoms with E-state index < -0.39 is 17.8 Å². The van der Waals surface area contributed by atoms with E-state index in [0.29, 0.717) is 27.9 Å². The molecule has 0 saturated heterocycles. The zero-order valence-corrected chi connectivity index (χ0v) is 14.4. The molecule has 1 fully saturated rings. The molecule has 3 heterocycles. The second-order valence-corrected chi connectivity index (χ2v) is 6.85. The molecular weight excluding hydrogens is 371 g/mol. The number of hydrogen-bond donors (Lipinski definition) is 2. The van der Waals surface area contributed by atoms with Crippen LogP contribution in [0.4, 0.5) is 19.0 Å². The molecule has 5 rings (SSSR count). The molecule has 1 amide bonds. The van der Waals surface area contributed by atoms with Crippen LogP contribution < -0.4 is 5.32 Å². The predicted octanol–water partition coefficient (Wildman–Crippen LogP) is 4.30. The third-order valence-electron chi connectivity index (χ3n) is 4.89. The molecule has 4 aromatic rings. The SMILES string of the molecule is O=C(Nc1cn2cc(-c3c(C(F)F)c(F)cc4[nH]ncc34)ccc2n1)C1CC1. The summed E-state index contributed by atoms with van der Waals surface area (Å²) in [5.74, 6) is -0.648. The Morgan fingerprint density at radius 3 is 2.86 bits per heavy atom. The van der Waals surface area contributed by atoms with E-state index in [4.69, 9.17) is 0 Å². The van der Waals surface area contributed by atoms with Crippen LogP contribution in [0.5, 0.6) is 0 Å². The van der Waals surface area contributed by atoms with Gasteiger partial charge in [0, 0.05) is 29.1 Å². The van der Waals surface area contributed by atoms with Crippen molar-refractivity contribution in [2.24, 2.45) is 5.92 Å². The Morgan fingerprint density at radius 1 is 1.29 bits per heavy atom. The molecule has 0 unspecified atom stereocenters. The van der Waals surface area contributed by atoms with Gasteiger partial charge in [-0.05, 0) is 30.5 Å². The van der Waals surface area contributed by atoms with Gasteiger partial charge in [-0.3, -0.25) is 9.89 Å². The Labute approximate surface area is 156 Å². The third-order valence-corrected chi connectivity index (χ3v) is 4.89. The van der Waals surface area contributed by atoms with Crippen molar-refractivity contribution in [3.63, 3.8) is 0 Å². The van der Waals surface area contributed by atoms with Gasteiger partial charge in [0.1, 0.15) is 11.5 Å². The zero-order valence-electron chi connectivity index (χ0n) is 14.4. The highest BCUT2D eigenvalue weighted by molar-refractivity contribution is 5.97. The van der Waals surface area contributed by atoms with Gasteiger partial charge in [-0.15, -0.1) is 0 Å². The van der Waals surface area contributed by atoms with Crippen LogP contribution in [0.3, 0.4) is 0 Å². The molecule has 28 heavy (non-hydrogen) atoms. The van der Waals surface area contributed by atoms with Gasteiger partial charge in [-0.1, -0.05) is 0 Å². The first-order valence-electron chi connectivity index (χ1n) is 8.75. The molecule has 0 atom stereocenters. The predicted molar refractivity (Wildman–Crippen MR) is 96.5 cm³/mol. The highest BCUT2D eigenvalue weighted by Gasteiger charge is 2.30. The van der Waals surface area contributed by atoms with Gasteiger partial charge in [-0.2, -0.15) is 5.10 Å². The number of anilines is 1. The van der Waals surface area contributed by atoms with Crippen molar-refractivity contribution >= 4 is 28.3 Å². The van der Waals surface area contributed by atoms with E-state index in [1.165, 1.54) is 6.20 Å². The molecule has 1 aliphatic carbocycles. The highest BCUT2D eigenvalue weighted by atomic mass is 19.3. The number of benzene rings is 1. The topological polar surface area (TPSA) is 75.1 Å². The van der Waals surface area contributed by atoms with Crippen LogP contribution in [0, 0.1) is 11.7 Å². The van der Waals surface area contributed by atoms with Crippen LogP contribution in [-0.4, -0.2) is 25.5 Å². The minimum atomic E-state index is -2.99. The lowest BCUT2D eigenvalue weighted by atomic mass is 9.97. The average Bonchev–Trinajstić information content (AvgIpc) is 3.28. The fraction of sp³-hybridized carbons (Fsp3) is 0.211. The van der Waals surface area contributed by atoms with Crippen molar-refractivity contribution in [2.45, 2.75) is 19.3 Å². The maximum Gasteiger partial charge on any atom is 0.267 e. The fourth-order valence-corrected chi connectivity index (χ4v) is 3.37. The number of rotatable bonds is 4. The molecule has 1 saturated carbocycles. The standard InChI is InChI=1S/C19H14F3N5O/c20-12-5-13-11(6-23-26-13)16(17(12)18(21)22)10-3-4-15-24-14(8-27(15)7-10)25-19(28)9-1-2-9/h3-9,18H,1-2H2,(H,23,26)(H,25,28). The number of aromatic amines is 1. The van der Waals surface area contributed by atoms with Crippen molar-refractivity contribution in [3.05, 3.63) is 48.2 Å². The van der Waals surface area contributed by atoms with Gasteiger partial charge >= 0.3 is 0 Å². The van der Waals surface area contributed by atoms with Gasteiger partial charge in [-0.25, -0.2) is 18.2 Å². The summed E-state index contributed by atoms with van der Waals surface area (Å²) in [7, 11) is 0. The van der Waals surface area contributed by atoms with Crippen molar-refractivity contribution in [1.29, 1.82) is 0 Å². The zero-order chi connectivity index (χ0) is 19.4. The van der Waals surface area contributed by atoms with Gasteiger partial charge < -0.3 is 9.72 Å². The summed E-state index contributed by atoms with van der Waals surface area (Å²) in [6, 6.07) is 4.25. The number of aromatic nitrogens is 4.